The second-order valence-electron chi connectivity index (χ2n) is 8.93. The number of aromatic nitrogens is 1. The van der Waals surface area contributed by atoms with Crippen molar-refractivity contribution in [3.05, 3.63) is 95.3 Å². The predicted octanol–water partition coefficient (Wildman–Crippen LogP) is 6.57. The van der Waals surface area contributed by atoms with Crippen molar-refractivity contribution in [1.82, 2.24) is 4.57 Å². The van der Waals surface area contributed by atoms with Gasteiger partial charge in [0.05, 0.1) is 19.8 Å². The van der Waals surface area contributed by atoms with Gasteiger partial charge in [0.15, 0.2) is 11.5 Å². The molecular formula is C31H34N2O4. The number of hydrogen-bond acceptors (Lipinski definition) is 4. The first-order valence-electron chi connectivity index (χ1n) is 12.5. The van der Waals surface area contributed by atoms with Gasteiger partial charge < -0.3 is 24.5 Å². The van der Waals surface area contributed by atoms with Crippen molar-refractivity contribution in [2.75, 3.05) is 14.2 Å². The van der Waals surface area contributed by atoms with Crippen LogP contribution in [-0.4, -0.2) is 24.7 Å². The van der Waals surface area contributed by atoms with Crippen LogP contribution >= 0.6 is 0 Å². The van der Waals surface area contributed by atoms with Crippen LogP contribution in [0.15, 0.2) is 72.8 Å². The maximum absolute atomic E-state index is 12.7. The molecule has 0 unspecified atom stereocenters. The lowest BCUT2D eigenvalue weighted by Gasteiger charge is -2.14. The largest absolute Gasteiger partial charge is 0.493 e. The zero-order chi connectivity index (χ0) is 26.4. The van der Waals surface area contributed by atoms with Crippen molar-refractivity contribution in [2.24, 2.45) is 5.73 Å². The molecule has 1 amide bonds. The maximum atomic E-state index is 12.7. The zero-order valence-corrected chi connectivity index (χ0v) is 21.9. The fraction of sp³-hybridized carbons (Fsp3) is 0.258. The molecule has 37 heavy (non-hydrogen) atoms. The molecule has 6 heteroatoms. The molecule has 3 aromatic carbocycles. The van der Waals surface area contributed by atoms with Crippen molar-refractivity contribution in [3.63, 3.8) is 0 Å². The molecule has 4 rings (SSSR count). The summed E-state index contributed by atoms with van der Waals surface area (Å²) in [7, 11) is 3.27. The monoisotopic (exact) mass is 498 g/mol. The summed E-state index contributed by atoms with van der Waals surface area (Å²) in [4.78, 5) is 12.7. The number of ether oxygens (including phenoxy) is 3. The topological polar surface area (TPSA) is 75.7 Å². The van der Waals surface area contributed by atoms with E-state index in [0.29, 0.717) is 29.4 Å². The third kappa shape index (κ3) is 5.64. The molecule has 0 saturated carbocycles. The van der Waals surface area contributed by atoms with E-state index in [2.05, 4.69) is 11.5 Å². The van der Waals surface area contributed by atoms with Crippen LogP contribution in [0, 0.1) is 6.92 Å². The van der Waals surface area contributed by atoms with Gasteiger partial charge in [-0.25, -0.2) is 0 Å². The van der Waals surface area contributed by atoms with Gasteiger partial charge in [-0.2, -0.15) is 0 Å². The Hall–Kier alpha value is -4.19. The SMILES string of the molecule is CCCc1c(-c2cccc(Oc3ccccc3)c2)c(C(N)=O)c(C)n1CCc1ccc(OC)c(OC)c1. The Bertz CT molecular complexity index is 1380. The molecule has 1 heterocycles. The average Bonchev–Trinajstić information content (AvgIpc) is 3.19. The average molecular weight is 499 g/mol. The van der Waals surface area contributed by atoms with Crippen molar-refractivity contribution in [3.8, 4) is 34.1 Å². The third-order valence-corrected chi connectivity index (χ3v) is 6.54. The highest BCUT2D eigenvalue weighted by Gasteiger charge is 2.24. The summed E-state index contributed by atoms with van der Waals surface area (Å²) in [5.74, 6) is 2.44. The van der Waals surface area contributed by atoms with Crippen LogP contribution in [0.4, 0.5) is 0 Å². The van der Waals surface area contributed by atoms with Gasteiger partial charge in [-0.1, -0.05) is 49.7 Å². The lowest BCUT2D eigenvalue weighted by atomic mass is 9.98. The van der Waals surface area contributed by atoms with Gasteiger partial charge in [0.1, 0.15) is 11.5 Å². The predicted molar refractivity (Wildman–Crippen MR) is 147 cm³/mol. The zero-order valence-electron chi connectivity index (χ0n) is 21.9. The number of aryl methyl sites for hydroxylation is 1. The minimum absolute atomic E-state index is 0.427. The molecule has 2 N–H and O–H groups in total. The number of amides is 1. The number of methoxy groups -OCH3 is 2. The Morgan fingerprint density at radius 3 is 2.27 bits per heavy atom. The summed E-state index contributed by atoms with van der Waals surface area (Å²) in [5.41, 5.74) is 11.4. The highest BCUT2D eigenvalue weighted by atomic mass is 16.5. The second kappa shape index (κ2) is 11.7. The van der Waals surface area contributed by atoms with E-state index in [0.717, 1.165) is 53.1 Å². The molecule has 0 fully saturated rings. The molecule has 0 bridgehead atoms. The van der Waals surface area contributed by atoms with E-state index in [-0.39, 0.29) is 0 Å². The van der Waals surface area contributed by atoms with E-state index in [1.54, 1.807) is 14.2 Å². The van der Waals surface area contributed by atoms with Gasteiger partial charge in [-0.05, 0) is 67.3 Å². The first-order valence-corrected chi connectivity index (χ1v) is 12.5. The Kier molecular flexibility index (Phi) is 8.18. The van der Waals surface area contributed by atoms with Gasteiger partial charge in [0.25, 0.3) is 5.91 Å². The Labute approximate surface area is 218 Å². The summed E-state index contributed by atoms with van der Waals surface area (Å²) >= 11 is 0. The Morgan fingerprint density at radius 2 is 1.59 bits per heavy atom. The molecule has 0 atom stereocenters. The number of rotatable bonds is 11. The van der Waals surface area contributed by atoms with Crippen LogP contribution in [0.25, 0.3) is 11.1 Å². The van der Waals surface area contributed by atoms with E-state index < -0.39 is 5.91 Å². The van der Waals surface area contributed by atoms with Crippen molar-refractivity contribution in [1.29, 1.82) is 0 Å². The maximum Gasteiger partial charge on any atom is 0.251 e. The van der Waals surface area contributed by atoms with Crippen molar-refractivity contribution >= 4 is 5.91 Å². The minimum Gasteiger partial charge on any atom is -0.493 e. The number of carbonyl (C=O) groups is 1. The summed E-state index contributed by atoms with van der Waals surface area (Å²) in [6, 6.07) is 23.5. The number of hydrogen-bond donors (Lipinski definition) is 1. The second-order valence-corrected chi connectivity index (χ2v) is 8.93. The van der Waals surface area contributed by atoms with Crippen molar-refractivity contribution in [2.45, 2.75) is 39.7 Å². The number of nitrogens with zero attached hydrogens (tertiary/aromatic N) is 1. The number of benzene rings is 3. The molecule has 0 aliphatic heterocycles. The molecule has 0 aliphatic carbocycles. The van der Waals surface area contributed by atoms with Crippen LogP contribution in [0.3, 0.4) is 0 Å². The number of para-hydroxylation sites is 1. The van der Waals surface area contributed by atoms with Crippen molar-refractivity contribution < 1.29 is 19.0 Å². The Balaban J connectivity index is 1.73. The fourth-order valence-corrected chi connectivity index (χ4v) is 4.83. The van der Waals surface area contributed by atoms with E-state index in [9.17, 15) is 4.79 Å². The number of carbonyl (C=O) groups excluding carboxylic acids is 1. The normalized spacial score (nSPS) is 10.8. The van der Waals surface area contributed by atoms with Gasteiger partial charge in [0.2, 0.25) is 0 Å². The van der Waals surface area contributed by atoms with E-state index in [1.807, 2.05) is 79.7 Å². The van der Waals surface area contributed by atoms with Crippen LogP contribution in [0.2, 0.25) is 0 Å². The summed E-state index contributed by atoms with van der Waals surface area (Å²) < 4.78 is 19.2. The summed E-state index contributed by atoms with van der Waals surface area (Å²) in [6.45, 7) is 4.82. The third-order valence-electron chi connectivity index (χ3n) is 6.54. The molecule has 0 radical (unpaired) electrons. The quantitative estimate of drug-likeness (QED) is 0.254. The standard InChI is InChI=1S/C31H34N2O4/c1-5-10-26-30(23-11-9-14-25(20-23)37-24-12-7-6-8-13-24)29(31(32)34)21(2)33(26)18-17-22-15-16-27(35-3)28(19-22)36-4/h6-9,11-16,19-20H,5,10,17-18H2,1-4H3,(H2,32,34). The summed E-state index contributed by atoms with van der Waals surface area (Å²) in [5, 5.41) is 0. The van der Waals surface area contributed by atoms with E-state index in [1.165, 1.54) is 0 Å². The van der Waals surface area contributed by atoms with E-state index >= 15 is 0 Å². The van der Waals surface area contributed by atoms with Gasteiger partial charge in [0, 0.05) is 23.5 Å². The highest BCUT2D eigenvalue weighted by molar-refractivity contribution is 6.02. The van der Waals surface area contributed by atoms with Gasteiger partial charge in [-0.15, -0.1) is 0 Å². The molecule has 192 valence electrons. The first kappa shape index (κ1) is 25.9. The lowest BCUT2D eigenvalue weighted by molar-refractivity contribution is 0.1000. The fourth-order valence-electron chi connectivity index (χ4n) is 4.83. The van der Waals surface area contributed by atoms with E-state index in [4.69, 9.17) is 19.9 Å². The minimum atomic E-state index is -0.427. The molecule has 1 aromatic heterocycles. The van der Waals surface area contributed by atoms with Crippen LogP contribution in [0.1, 0.15) is 40.7 Å². The number of primary amides is 1. The molecule has 6 nitrogen and oxygen atoms in total. The molecular weight excluding hydrogens is 464 g/mol. The summed E-state index contributed by atoms with van der Waals surface area (Å²) in [6.07, 6.45) is 2.52. The van der Waals surface area contributed by atoms with Crippen LogP contribution < -0.4 is 19.9 Å². The first-order chi connectivity index (χ1) is 18.0. The Morgan fingerprint density at radius 1 is 0.865 bits per heavy atom. The highest BCUT2D eigenvalue weighted by Crippen LogP contribution is 2.36. The lowest BCUT2D eigenvalue weighted by Crippen LogP contribution is -2.14. The smallest absolute Gasteiger partial charge is 0.251 e. The van der Waals surface area contributed by atoms with Gasteiger partial charge in [-0.3, -0.25) is 4.79 Å². The molecule has 0 spiro atoms. The van der Waals surface area contributed by atoms with Crippen LogP contribution in [0.5, 0.6) is 23.0 Å². The molecule has 0 saturated heterocycles. The van der Waals surface area contributed by atoms with Gasteiger partial charge >= 0.3 is 0 Å². The molecule has 0 aliphatic rings. The molecule has 4 aromatic rings. The number of nitrogens with two attached hydrogens (primary N) is 1. The van der Waals surface area contributed by atoms with Crippen LogP contribution in [-0.2, 0) is 19.4 Å².